The number of nitrogens with zero attached hydrogens (tertiary/aromatic N) is 1. The van der Waals surface area contributed by atoms with E-state index in [9.17, 15) is 22.8 Å². The van der Waals surface area contributed by atoms with E-state index in [2.05, 4.69) is 15.2 Å². The first-order chi connectivity index (χ1) is 14.2. The molecule has 0 bridgehead atoms. The van der Waals surface area contributed by atoms with Crippen molar-refractivity contribution >= 4 is 28.2 Å². The van der Waals surface area contributed by atoms with Crippen molar-refractivity contribution in [2.45, 2.75) is 20.2 Å². The molecule has 2 aromatic heterocycles. The van der Waals surface area contributed by atoms with Crippen LogP contribution < -0.4 is 10.1 Å². The number of benzene rings is 1. The lowest BCUT2D eigenvalue weighted by atomic mass is 10.2. The van der Waals surface area contributed by atoms with E-state index in [4.69, 9.17) is 9.26 Å². The molecule has 0 radical (unpaired) electrons. The number of aromatic nitrogens is 1. The van der Waals surface area contributed by atoms with Gasteiger partial charge < -0.3 is 19.3 Å². The van der Waals surface area contributed by atoms with Crippen LogP contribution in [0.15, 0.2) is 40.9 Å². The highest BCUT2D eigenvalue weighted by Crippen LogP contribution is 2.33. The summed E-state index contributed by atoms with van der Waals surface area (Å²) in [5.74, 6) is -1.54. The van der Waals surface area contributed by atoms with Gasteiger partial charge in [0.1, 0.15) is 17.1 Å². The van der Waals surface area contributed by atoms with Gasteiger partial charge in [0, 0.05) is 4.88 Å². The fourth-order valence-electron chi connectivity index (χ4n) is 2.53. The lowest BCUT2D eigenvalue weighted by molar-refractivity contribution is -0.274. The number of ether oxygens (including phenoxy) is 2. The second kappa shape index (κ2) is 8.57. The molecule has 0 aliphatic rings. The van der Waals surface area contributed by atoms with Crippen LogP contribution in [0, 0.1) is 6.92 Å². The van der Waals surface area contributed by atoms with E-state index < -0.39 is 18.2 Å². The van der Waals surface area contributed by atoms with Gasteiger partial charge in [-0.3, -0.25) is 4.79 Å². The summed E-state index contributed by atoms with van der Waals surface area (Å²) in [4.78, 5) is 25.3. The summed E-state index contributed by atoms with van der Waals surface area (Å²) in [7, 11) is 0. The molecule has 0 aliphatic carbocycles. The fraction of sp³-hybridized carbons (Fsp3) is 0.211. The molecule has 0 saturated carbocycles. The summed E-state index contributed by atoms with van der Waals surface area (Å²) in [6.45, 7) is 3.24. The standard InChI is InChI=1S/C19H15F3N2O5S/c1-3-27-18(26)16-15(10(2)29-24-16)17(25)23-14-9-8-13(30-14)11-4-6-12(7-5-11)28-19(20,21)22/h4-9H,3H2,1-2H3,(H,23,25). The number of carbonyl (C=O) groups is 2. The zero-order chi connectivity index (χ0) is 21.9. The summed E-state index contributed by atoms with van der Waals surface area (Å²) in [6, 6.07) is 8.68. The smallest absolute Gasteiger partial charge is 0.461 e. The molecule has 30 heavy (non-hydrogen) atoms. The highest BCUT2D eigenvalue weighted by molar-refractivity contribution is 7.19. The van der Waals surface area contributed by atoms with Crippen molar-refractivity contribution in [2.75, 3.05) is 11.9 Å². The minimum absolute atomic E-state index is 0.0305. The number of hydrogen-bond donors (Lipinski definition) is 1. The zero-order valence-electron chi connectivity index (χ0n) is 15.7. The maximum Gasteiger partial charge on any atom is 0.573 e. The van der Waals surface area contributed by atoms with E-state index in [-0.39, 0.29) is 29.4 Å². The van der Waals surface area contributed by atoms with Gasteiger partial charge >= 0.3 is 12.3 Å². The number of amides is 1. The molecule has 0 fully saturated rings. The second-order valence-corrected chi connectivity index (χ2v) is 6.96. The minimum Gasteiger partial charge on any atom is -0.461 e. The van der Waals surface area contributed by atoms with Gasteiger partial charge in [0.15, 0.2) is 0 Å². The van der Waals surface area contributed by atoms with Crippen LogP contribution in [0.2, 0.25) is 0 Å². The number of anilines is 1. The molecule has 0 atom stereocenters. The van der Waals surface area contributed by atoms with Crippen molar-refractivity contribution < 1.29 is 36.8 Å². The lowest BCUT2D eigenvalue weighted by Gasteiger charge is -2.08. The van der Waals surface area contributed by atoms with Gasteiger partial charge in [-0.2, -0.15) is 0 Å². The molecule has 0 unspecified atom stereocenters. The van der Waals surface area contributed by atoms with Crippen molar-refractivity contribution in [3.8, 4) is 16.2 Å². The summed E-state index contributed by atoms with van der Waals surface area (Å²) >= 11 is 1.20. The first kappa shape index (κ1) is 21.4. The van der Waals surface area contributed by atoms with E-state index in [0.717, 1.165) is 0 Å². The molecule has 7 nitrogen and oxygen atoms in total. The topological polar surface area (TPSA) is 90.7 Å². The third kappa shape index (κ3) is 4.98. The second-order valence-electron chi connectivity index (χ2n) is 5.87. The Kier molecular flexibility index (Phi) is 6.11. The maximum absolute atomic E-state index is 12.6. The molecule has 3 rings (SSSR count). The molecule has 11 heteroatoms. The van der Waals surface area contributed by atoms with Crippen molar-refractivity contribution in [2.24, 2.45) is 0 Å². The van der Waals surface area contributed by atoms with Crippen LogP contribution in [0.3, 0.4) is 0 Å². The molecule has 0 aliphatic heterocycles. The van der Waals surface area contributed by atoms with Crippen molar-refractivity contribution in [3.63, 3.8) is 0 Å². The SMILES string of the molecule is CCOC(=O)c1noc(C)c1C(=O)Nc1ccc(-c2ccc(OC(F)(F)F)cc2)s1. The molecule has 1 N–H and O–H groups in total. The summed E-state index contributed by atoms with van der Waals surface area (Å²) < 4.78 is 50.4. The Labute approximate surface area is 172 Å². The molecule has 3 aromatic rings. The number of carbonyl (C=O) groups excluding carboxylic acids is 2. The van der Waals surface area contributed by atoms with E-state index in [1.54, 1.807) is 19.1 Å². The molecule has 0 spiro atoms. The van der Waals surface area contributed by atoms with E-state index >= 15 is 0 Å². The lowest BCUT2D eigenvalue weighted by Crippen LogP contribution is -2.17. The van der Waals surface area contributed by atoms with Crippen LogP contribution in [-0.2, 0) is 4.74 Å². The number of aryl methyl sites for hydroxylation is 1. The van der Waals surface area contributed by atoms with Crippen LogP contribution in [0.4, 0.5) is 18.2 Å². The Morgan fingerprint density at radius 1 is 1.17 bits per heavy atom. The average Bonchev–Trinajstić information content (AvgIpc) is 3.28. The third-order valence-corrected chi connectivity index (χ3v) is 4.82. The molecular weight excluding hydrogens is 425 g/mol. The molecule has 158 valence electrons. The Bertz CT molecular complexity index is 1060. The van der Waals surface area contributed by atoms with Crippen LogP contribution in [0.1, 0.15) is 33.5 Å². The van der Waals surface area contributed by atoms with Crippen LogP contribution in [0.5, 0.6) is 5.75 Å². The van der Waals surface area contributed by atoms with E-state index in [1.807, 2.05) is 0 Å². The Morgan fingerprint density at radius 2 is 1.87 bits per heavy atom. The first-order valence-corrected chi connectivity index (χ1v) is 9.40. The van der Waals surface area contributed by atoms with Gasteiger partial charge in [-0.1, -0.05) is 5.16 Å². The van der Waals surface area contributed by atoms with E-state index in [1.165, 1.54) is 42.5 Å². The first-order valence-electron chi connectivity index (χ1n) is 8.58. The maximum atomic E-state index is 12.6. The van der Waals surface area contributed by atoms with Gasteiger partial charge in [0.25, 0.3) is 5.91 Å². The Hall–Kier alpha value is -3.34. The summed E-state index contributed by atoms with van der Waals surface area (Å²) in [5, 5.41) is 6.70. The normalized spacial score (nSPS) is 11.2. The quantitative estimate of drug-likeness (QED) is 0.540. The van der Waals surface area contributed by atoms with Gasteiger partial charge in [-0.25, -0.2) is 4.79 Å². The zero-order valence-corrected chi connectivity index (χ0v) is 16.5. The van der Waals surface area contributed by atoms with Gasteiger partial charge in [0.05, 0.1) is 11.6 Å². The largest absolute Gasteiger partial charge is 0.573 e. The van der Waals surface area contributed by atoms with Crippen LogP contribution >= 0.6 is 11.3 Å². The number of nitrogens with one attached hydrogen (secondary N) is 1. The summed E-state index contributed by atoms with van der Waals surface area (Å²) in [6.07, 6.45) is -4.76. The van der Waals surface area contributed by atoms with Gasteiger partial charge in [-0.15, -0.1) is 24.5 Å². The number of thiophene rings is 1. The Morgan fingerprint density at radius 3 is 2.50 bits per heavy atom. The van der Waals surface area contributed by atoms with E-state index in [0.29, 0.717) is 15.4 Å². The highest BCUT2D eigenvalue weighted by atomic mass is 32.1. The van der Waals surface area contributed by atoms with Crippen molar-refractivity contribution in [1.82, 2.24) is 5.16 Å². The predicted octanol–water partition coefficient (Wildman–Crippen LogP) is 5.04. The third-order valence-electron chi connectivity index (χ3n) is 3.77. The summed E-state index contributed by atoms with van der Waals surface area (Å²) in [5.41, 5.74) is 0.393. The highest BCUT2D eigenvalue weighted by Gasteiger charge is 2.31. The number of alkyl halides is 3. The molecule has 2 heterocycles. The predicted molar refractivity (Wildman–Crippen MR) is 102 cm³/mol. The monoisotopic (exact) mass is 440 g/mol. The fourth-order valence-corrected chi connectivity index (χ4v) is 3.44. The number of hydrogen-bond acceptors (Lipinski definition) is 7. The van der Waals surface area contributed by atoms with Gasteiger partial charge in [-0.05, 0) is 55.8 Å². The van der Waals surface area contributed by atoms with Crippen molar-refractivity contribution in [3.05, 3.63) is 53.4 Å². The minimum atomic E-state index is -4.76. The Balaban J connectivity index is 1.74. The van der Waals surface area contributed by atoms with Crippen molar-refractivity contribution in [1.29, 1.82) is 0 Å². The number of halogens is 3. The molecule has 1 amide bonds. The van der Waals surface area contributed by atoms with Crippen LogP contribution in [0.25, 0.3) is 10.4 Å². The number of rotatable bonds is 6. The van der Waals surface area contributed by atoms with Gasteiger partial charge in [0.2, 0.25) is 5.69 Å². The average molecular weight is 440 g/mol. The molecule has 1 aromatic carbocycles. The van der Waals surface area contributed by atoms with Crippen LogP contribution in [-0.4, -0.2) is 30.0 Å². The molecule has 0 saturated heterocycles. The molecular formula is C19H15F3N2O5S. The number of esters is 1.